The molecular formula is C11H13N5O. The molecule has 0 aliphatic carbocycles. The van der Waals surface area contributed by atoms with E-state index in [1.807, 2.05) is 13.2 Å². The molecule has 17 heavy (non-hydrogen) atoms. The molecule has 0 spiro atoms. The number of hydrogen-bond donors (Lipinski definition) is 2. The molecule has 1 amide bonds. The molecular weight excluding hydrogens is 218 g/mol. The van der Waals surface area contributed by atoms with Gasteiger partial charge in [-0.1, -0.05) is 0 Å². The summed E-state index contributed by atoms with van der Waals surface area (Å²) in [4.78, 5) is 15.6. The largest absolute Gasteiger partial charge is 0.397 e. The fourth-order valence-corrected chi connectivity index (χ4v) is 1.43. The minimum Gasteiger partial charge on any atom is -0.397 e. The second-order valence-corrected chi connectivity index (χ2v) is 3.71. The maximum atomic E-state index is 11.7. The van der Waals surface area contributed by atoms with Crippen LogP contribution in [0.3, 0.4) is 0 Å². The summed E-state index contributed by atoms with van der Waals surface area (Å²) < 4.78 is 1.68. The number of aryl methyl sites for hydroxylation is 1. The Hall–Kier alpha value is -2.37. The molecule has 0 saturated carbocycles. The van der Waals surface area contributed by atoms with E-state index in [4.69, 9.17) is 5.73 Å². The maximum absolute atomic E-state index is 11.7. The van der Waals surface area contributed by atoms with Gasteiger partial charge in [-0.2, -0.15) is 5.10 Å². The zero-order valence-corrected chi connectivity index (χ0v) is 9.42. The Labute approximate surface area is 98.5 Å². The van der Waals surface area contributed by atoms with Crippen molar-refractivity contribution in [2.24, 2.45) is 7.05 Å². The van der Waals surface area contributed by atoms with Gasteiger partial charge in [-0.05, 0) is 6.07 Å². The summed E-state index contributed by atoms with van der Waals surface area (Å²) in [6.07, 6.45) is 6.53. The first-order chi connectivity index (χ1) is 8.15. The molecule has 2 rings (SSSR count). The van der Waals surface area contributed by atoms with Gasteiger partial charge in [0.1, 0.15) is 0 Å². The van der Waals surface area contributed by atoms with E-state index in [2.05, 4.69) is 15.4 Å². The summed E-state index contributed by atoms with van der Waals surface area (Å²) in [7, 11) is 1.83. The molecule has 0 aliphatic heterocycles. The summed E-state index contributed by atoms with van der Waals surface area (Å²) >= 11 is 0. The number of anilines is 1. The Morgan fingerprint density at radius 1 is 1.47 bits per heavy atom. The van der Waals surface area contributed by atoms with Gasteiger partial charge < -0.3 is 11.1 Å². The van der Waals surface area contributed by atoms with Crippen LogP contribution in [0.5, 0.6) is 0 Å². The predicted molar refractivity (Wildman–Crippen MR) is 63.0 cm³/mol. The number of pyridine rings is 1. The highest BCUT2D eigenvalue weighted by Crippen LogP contribution is 2.04. The van der Waals surface area contributed by atoms with Gasteiger partial charge in [0, 0.05) is 37.7 Å². The van der Waals surface area contributed by atoms with Crippen molar-refractivity contribution in [2.45, 2.75) is 6.54 Å². The number of carbonyl (C=O) groups is 1. The monoisotopic (exact) mass is 231 g/mol. The van der Waals surface area contributed by atoms with Crippen molar-refractivity contribution in [2.75, 3.05) is 5.73 Å². The lowest BCUT2D eigenvalue weighted by Gasteiger charge is -2.03. The topological polar surface area (TPSA) is 85.8 Å². The van der Waals surface area contributed by atoms with E-state index in [0.29, 0.717) is 17.8 Å². The number of aromatic nitrogens is 3. The first kappa shape index (κ1) is 11.1. The quantitative estimate of drug-likeness (QED) is 0.797. The number of nitrogens with one attached hydrogen (secondary N) is 1. The second-order valence-electron chi connectivity index (χ2n) is 3.71. The number of nitrogens with zero attached hydrogens (tertiary/aromatic N) is 3. The highest BCUT2D eigenvalue weighted by molar-refractivity contribution is 5.94. The van der Waals surface area contributed by atoms with Gasteiger partial charge in [0.15, 0.2) is 0 Å². The Morgan fingerprint density at radius 3 is 2.94 bits per heavy atom. The summed E-state index contributed by atoms with van der Waals surface area (Å²) in [5, 5.41) is 6.78. The Balaban J connectivity index is 1.98. The third kappa shape index (κ3) is 2.81. The minimum absolute atomic E-state index is 0.200. The van der Waals surface area contributed by atoms with E-state index in [9.17, 15) is 4.79 Å². The average Bonchev–Trinajstić information content (AvgIpc) is 2.72. The van der Waals surface area contributed by atoms with Crippen molar-refractivity contribution in [3.05, 3.63) is 42.0 Å². The van der Waals surface area contributed by atoms with Crippen LogP contribution in [0.2, 0.25) is 0 Å². The number of nitrogens with two attached hydrogens (primary N) is 1. The number of amides is 1. The van der Waals surface area contributed by atoms with Gasteiger partial charge in [-0.15, -0.1) is 0 Å². The first-order valence-electron chi connectivity index (χ1n) is 5.11. The molecule has 0 aliphatic rings. The molecule has 2 aromatic rings. The van der Waals surface area contributed by atoms with Crippen molar-refractivity contribution < 1.29 is 4.79 Å². The van der Waals surface area contributed by atoms with Gasteiger partial charge in [0.05, 0.1) is 17.4 Å². The summed E-state index contributed by atoms with van der Waals surface area (Å²) in [6.45, 7) is 0.432. The molecule has 0 saturated heterocycles. The molecule has 3 N–H and O–H groups in total. The zero-order chi connectivity index (χ0) is 12.3. The SMILES string of the molecule is Cn1cc(CNC(=O)c2cncc(N)c2)cn1. The van der Waals surface area contributed by atoms with Crippen molar-refractivity contribution >= 4 is 11.6 Å². The fraction of sp³-hybridized carbons (Fsp3) is 0.182. The number of hydrogen-bond acceptors (Lipinski definition) is 4. The van der Waals surface area contributed by atoms with Crippen LogP contribution in [-0.2, 0) is 13.6 Å². The van der Waals surface area contributed by atoms with Crippen LogP contribution in [0.4, 0.5) is 5.69 Å². The Kier molecular flexibility index (Phi) is 3.04. The standard InChI is InChI=1S/C11H13N5O/c1-16-7-8(4-15-16)3-14-11(17)9-2-10(12)6-13-5-9/h2,4-7H,3,12H2,1H3,(H,14,17). The van der Waals surface area contributed by atoms with Crippen LogP contribution >= 0.6 is 0 Å². The van der Waals surface area contributed by atoms with Gasteiger partial charge in [0.25, 0.3) is 5.91 Å². The molecule has 2 aromatic heterocycles. The molecule has 0 aromatic carbocycles. The average molecular weight is 231 g/mol. The molecule has 6 heteroatoms. The van der Waals surface area contributed by atoms with Crippen LogP contribution in [0, 0.1) is 0 Å². The molecule has 6 nitrogen and oxygen atoms in total. The number of carbonyl (C=O) groups excluding carboxylic acids is 1. The minimum atomic E-state index is -0.200. The molecule has 0 bridgehead atoms. The van der Waals surface area contributed by atoms with Crippen LogP contribution in [0.1, 0.15) is 15.9 Å². The summed E-state index contributed by atoms with van der Waals surface area (Å²) in [5.74, 6) is -0.200. The van der Waals surface area contributed by atoms with Gasteiger partial charge in [-0.3, -0.25) is 14.5 Å². The third-order valence-electron chi connectivity index (χ3n) is 2.23. The van der Waals surface area contributed by atoms with E-state index >= 15 is 0 Å². The lowest BCUT2D eigenvalue weighted by atomic mass is 10.2. The van der Waals surface area contributed by atoms with Crippen molar-refractivity contribution in [3.63, 3.8) is 0 Å². The van der Waals surface area contributed by atoms with E-state index in [1.54, 1.807) is 16.9 Å². The van der Waals surface area contributed by atoms with Crippen molar-refractivity contribution in [1.29, 1.82) is 0 Å². The van der Waals surface area contributed by atoms with Crippen LogP contribution < -0.4 is 11.1 Å². The molecule has 0 unspecified atom stereocenters. The summed E-state index contributed by atoms with van der Waals surface area (Å²) in [6, 6.07) is 1.59. The number of nitrogen functional groups attached to an aromatic ring is 1. The molecule has 0 atom stereocenters. The molecule has 0 radical (unpaired) electrons. The summed E-state index contributed by atoms with van der Waals surface area (Å²) in [5.41, 5.74) is 7.42. The lowest BCUT2D eigenvalue weighted by molar-refractivity contribution is 0.0950. The second kappa shape index (κ2) is 4.65. The van der Waals surface area contributed by atoms with E-state index in [0.717, 1.165) is 5.56 Å². The highest BCUT2D eigenvalue weighted by Gasteiger charge is 2.06. The predicted octanol–water partition coefficient (Wildman–Crippen LogP) is 0.327. The fourth-order valence-electron chi connectivity index (χ4n) is 1.43. The lowest BCUT2D eigenvalue weighted by Crippen LogP contribution is -2.22. The van der Waals surface area contributed by atoms with Gasteiger partial charge in [0.2, 0.25) is 0 Å². The Morgan fingerprint density at radius 2 is 2.29 bits per heavy atom. The van der Waals surface area contributed by atoms with Crippen molar-refractivity contribution in [3.8, 4) is 0 Å². The highest BCUT2D eigenvalue weighted by atomic mass is 16.1. The van der Waals surface area contributed by atoms with E-state index < -0.39 is 0 Å². The maximum Gasteiger partial charge on any atom is 0.253 e. The van der Waals surface area contributed by atoms with Crippen LogP contribution in [-0.4, -0.2) is 20.7 Å². The smallest absolute Gasteiger partial charge is 0.253 e. The van der Waals surface area contributed by atoms with Crippen LogP contribution in [0.25, 0.3) is 0 Å². The number of rotatable bonds is 3. The van der Waals surface area contributed by atoms with E-state index in [1.165, 1.54) is 12.4 Å². The first-order valence-corrected chi connectivity index (χ1v) is 5.11. The third-order valence-corrected chi connectivity index (χ3v) is 2.23. The van der Waals surface area contributed by atoms with E-state index in [-0.39, 0.29) is 5.91 Å². The molecule has 88 valence electrons. The van der Waals surface area contributed by atoms with Gasteiger partial charge in [-0.25, -0.2) is 0 Å². The molecule has 0 fully saturated rings. The molecule has 2 heterocycles. The van der Waals surface area contributed by atoms with Crippen LogP contribution in [0.15, 0.2) is 30.9 Å². The van der Waals surface area contributed by atoms with Gasteiger partial charge >= 0.3 is 0 Å². The normalized spacial score (nSPS) is 10.2. The zero-order valence-electron chi connectivity index (χ0n) is 9.42. The van der Waals surface area contributed by atoms with Crippen molar-refractivity contribution in [1.82, 2.24) is 20.1 Å². The Bertz CT molecular complexity index is 534.